The van der Waals surface area contributed by atoms with Gasteiger partial charge in [-0.3, -0.25) is 4.79 Å². The average Bonchev–Trinajstić information content (AvgIpc) is 2.82. The molecule has 0 aliphatic heterocycles. The molecule has 0 fully saturated rings. The van der Waals surface area contributed by atoms with Crippen LogP contribution in [0.3, 0.4) is 0 Å². The molecular formula is C30H44FNO5S. The van der Waals surface area contributed by atoms with Gasteiger partial charge < -0.3 is 9.47 Å². The molecule has 0 saturated heterocycles. The smallest absolute Gasteiger partial charge is 0.306 e. The van der Waals surface area contributed by atoms with E-state index in [1.165, 1.54) is 62.4 Å². The molecule has 8 heteroatoms. The van der Waals surface area contributed by atoms with Crippen LogP contribution in [0.15, 0.2) is 47.4 Å². The van der Waals surface area contributed by atoms with Crippen LogP contribution in [0.25, 0.3) is 0 Å². The molecule has 0 atom stereocenters. The van der Waals surface area contributed by atoms with E-state index in [9.17, 15) is 17.6 Å². The number of nitrogens with two attached hydrogens (primary N) is 1. The Balaban J connectivity index is 1.54. The first-order valence-electron chi connectivity index (χ1n) is 13.7. The van der Waals surface area contributed by atoms with Crippen LogP contribution in [0, 0.1) is 5.82 Å². The largest absolute Gasteiger partial charge is 0.460 e. The van der Waals surface area contributed by atoms with E-state index in [0.29, 0.717) is 29.9 Å². The molecule has 0 amide bonds. The van der Waals surface area contributed by atoms with Gasteiger partial charge in [-0.25, -0.2) is 17.9 Å². The Labute approximate surface area is 228 Å². The molecule has 0 radical (unpaired) electrons. The molecule has 0 spiro atoms. The number of carbonyl (C=O) groups is 1. The second kappa shape index (κ2) is 15.8. The van der Waals surface area contributed by atoms with Crippen LogP contribution in [0.2, 0.25) is 0 Å². The van der Waals surface area contributed by atoms with Gasteiger partial charge in [-0.15, -0.1) is 0 Å². The van der Waals surface area contributed by atoms with Crippen LogP contribution in [0.4, 0.5) is 4.39 Å². The molecule has 2 aromatic rings. The lowest BCUT2D eigenvalue weighted by Crippen LogP contribution is -2.23. The lowest BCUT2D eigenvalue weighted by molar-refractivity contribution is -0.154. The van der Waals surface area contributed by atoms with E-state index < -0.39 is 15.6 Å². The van der Waals surface area contributed by atoms with Gasteiger partial charge in [0.05, 0.1) is 4.90 Å². The number of ether oxygens (including phenoxy) is 2. The summed E-state index contributed by atoms with van der Waals surface area (Å²) in [5.74, 6) is 0.620. The molecule has 0 aliphatic rings. The SMILES string of the molecule is CC(C)(C)OC(=O)CCCCCCCCCCCCCc1cc(Oc2ccc(S(N)(=O)=O)cc2)ccc1F. The maximum absolute atomic E-state index is 14.3. The third-order valence-electron chi connectivity index (χ3n) is 6.15. The van der Waals surface area contributed by atoms with E-state index in [4.69, 9.17) is 14.6 Å². The number of primary sulfonamides is 1. The zero-order valence-electron chi connectivity index (χ0n) is 23.1. The number of aryl methyl sites for hydroxylation is 1. The van der Waals surface area contributed by atoms with E-state index in [-0.39, 0.29) is 16.7 Å². The van der Waals surface area contributed by atoms with Crippen molar-refractivity contribution in [3.8, 4) is 11.5 Å². The Hall–Kier alpha value is -2.45. The summed E-state index contributed by atoms with van der Waals surface area (Å²) in [6.45, 7) is 5.68. The van der Waals surface area contributed by atoms with E-state index in [2.05, 4.69) is 0 Å². The van der Waals surface area contributed by atoms with E-state index in [1.807, 2.05) is 20.8 Å². The van der Waals surface area contributed by atoms with E-state index in [1.54, 1.807) is 12.1 Å². The monoisotopic (exact) mass is 549 g/mol. The Morgan fingerprint density at radius 3 is 1.82 bits per heavy atom. The predicted molar refractivity (Wildman–Crippen MR) is 149 cm³/mol. The van der Waals surface area contributed by atoms with Gasteiger partial charge in [0.1, 0.15) is 22.9 Å². The molecule has 0 unspecified atom stereocenters. The Kier molecular flexibility index (Phi) is 13.2. The van der Waals surface area contributed by atoms with Crippen LogP contribution in [-0.2, 0) is 26.0 Å². The van der Waals surface area contributed by atoms with Crippen molar-refractivity contribution in [2.75, 3.05) is 0 Å². The number of halogens is 1. The number of hydrogen-bond donors (Lipinski definition) is 1. The van der Waals surface area contributed by atoms with E-state index in [0.717, 1.165) is 38.5 Å². The Morgan fingerprint density at radius 2 is 1.29 bits per heavy atom. The maximum Gasteiger partial charge on any atom is 0.306 e. The van der Waals surface area contributed by atoms with Gasteiger partial charge >= 0.3 is 5.97 Å². The summed E-state index contributed by atoms with van der Waals surface area (Å²) in [7, 11) is -3.76. The first-order chi connectivity index (χ1) is 17.9. The fourth-order valence-corrected chi connectivity index (χ4v) is 4.72. The predicted octanol–water partition coefficient (Wildman–Crippen LogP) is 7.83. The highest BCUT2D eigenvalue weighted by Gasteiger charge is 2.15. The zero-order chi connectivity index (χ0) is 28.0. The fourth-order valence-electron chi connectivity index (χ4n) is 4.21. The summed E-state index contributed by atoms with van der Waals surface area (Å²) in [6, 6.07) is 10.5. The first-order valence-corrected chi connectivity index (χ1v) is 15.3. The molecule has 212 valence electrons. The third-order valence-corrected chi connectivity index (χ3v) is 7.08. The lowest BCUT2D eigenvalue weighted by atomic mass is 10.0. The van der Waals surface area contributed by atoms with Crippen molar-refractivity contribution in [3.63, 3.8) is 0 Å². The van der Waals surface area contributed by atoms with Crippen molar-refractivity contribution in [2.45, 2.75) is 115 Å². The molecule has 0 bridgehead atoms. The highest BCUT2D eigenvalue weighted by molar-refractivity contribution is 7.89. The van der Waals surface area contributed by atoms with Crippen molar-refractivity contribution >= 4 is 16.0 Å². The van der Waals surface area contributed by atoms with Crippen LogP contribution >= 0.6 is 0 Å². The molecule has 38 heavy (non-hydrogen) atoms. The third kappa shape index (κ3) is 13.4. The topological polar surface area (TPSA) is 95.7 Å². The molecule has 0 aromatic heterocycles. The lowest BCUT2D eigenvalue weighted by Gasteiger charge is -2.19. The second-order valence-electron chi connectivity index (χ2n) is 10.8. The zero-order valence-corrected chi connectivity index (χ0v) is 24.0. The van der Waals surface area contributed by atoms with E-state index >= 15 is 0 Å². The van der Waals surface area contributed by atoms with Gasteiger partial charge in [-0.2, -0.15) is 0 Å². The van der Waals surface area contributed by atoms with Crippen molar-refractivity contribution in [2.24, 2.45) is 5.14 Å². The number of esters is 1. The number of benzene rings is 2. The van der Waals surface area contributed by atoms with Gasteiger partial charge in [-0.05, 0) is 88.1 Å². The second-order valence-corrected chi connectivity index (χ2v) is 12.4. The minimum Gasteiger partial charge on any atom is -0.460 e. The van der Waals surface area contributed by atoms with Crippen LogP contribution in [0.5, 0.6) is 11.5 Å². The Bertz CT molecular complexity index is 1090. The number of rotatable bonds is 17. The highest BCUT2D eigenvalue weighted by Crippen LogP contribution is 2.26. The number of carbonyl (C=O) groups excluding carboxylic acids is 1. The van der Waals surface area contributed by atoms with Gasteiger partial charge in [-0.1, -0.05) is 57.8 Å². The minimum atomic E-state index is -3.76. The maximum atomic E-state index is 14.3. The van der Waals surface area contributed by atoms with Crippen LogP contribution in [-0.4, -0.2) is 20.0 Å². The quantitative estimate of drug-likeness (QED) is 0.160. The van der Waals surface area contributed by atoms with Gasteiger partial charge in [0, 0.05) is 6.42 Å². The van der Waals surface area contributed by atoms with Crippen molar-refractivity contribution in [1.82, 2.24) is 0 Å². The molecule has 0 aliphatic carbocycles. The summed E-state index contributed by atoms with van der Waals surface area (Å²) in [5, 5.41) is 5.11. The summed E-state index contributed by atoms with van der Waals surface area (Å²) in [6.07, 6.45) is 13.5. The van der Waals surface area contributed by atoms with Crippen molar-refractivity contribution in [3.05, 3.63) is 53.8 Å². The van der Waals surface area contributed by atoms with Gasteiger partial charge in [0.2, 0.25) is 10.0 Å². The summed E-state index contributed by atoms with van der Waals surface area (Å²) in [4.78, 5) is 11.7. The van der Waals surface area contributed by atoms with Crippen LogP contribution in [0.1, 0.15) is 103 Å². The molecular weight excluding hydrogens is 505 g/mol. The molecule has 0 heterocycles. The molecule has 6 nitrogen and oxygen atoms in total. The summed E-state index contributed by atoms with van der Waals surface area (Å²) >= 11 is 0. The fraction of sp³-hybridized carbons (Fsp3) is 0.567. The van der Waals surface area contributed by atoms with Crippen LogP contribution < -0.4 is 9.88 Å². The summed E-state index contributed by atoms with van der Waals surface area (Å²) < 4.78 is 48.1. The number of hydrogen-bond acceptors (Lipinski definition) is 5. The number of unbranched alkanes of at least 4 members (excludes halogenated alkanes) is 10. The first kappa shape index (κ1) is 31.8. The molecule has 2 aromatic carbocycles. The normalized spacial score (nSPS) is 11.9. The molecule has 2 rings (SSSR count). The van der Waals surface area contributed by atoms with Gasteiger partial charge in [0.15, 0.2) is 0 Å². The number of sulfonamides is 1. The molecule has 0 saturated carbocycles. The van der Waals surface area contributed by atoms with Crippen molar-refractivity contribution < 1.29 is 27.1 Å². The minimum absolute atomic E-state index is 0.0109. The Morgan fingerprint density at radius 1 is 0.789 bits per heavy atom. The van der Waals surface area contributed by atoms with Gasteiger partial charge in [0.25, 0.3) is 0 Å². The standard InChI is InChI=1S/C30H44FNO5S/c1-30(2,3)37-29(33)16-14-12-10-8-6-4-5-7-9-11-13-15-24-23-26(19-22-28(24)31)36-25-17-20-27(21-18-25)38(32,34)35/h17-23H,4-16H2,1-3H3,(H2,32,34,35). The van der Waals surface area contributed by atoms with Crippen molar-refractivity contribution in [1.29, 1.82) is 0 Å². The summed E-state index contributed by atoms with van der Waals surface area (Å²) in [5.41, 5.74) is 0.222. The average molecular weight is 550 g/mol. The molecule has 2 N–H and O–H groups in total. The highest BCUT2D eigenvalue weighted by atomic mass is 32.2.